The van der Waals surface area contributed by atoms with Crippen LogP contribution in [0.5, 0.6) is 0 Å². The molecule has 0 radical (unpaired) electrons. The van der Waals surface area contributed by atoms with Crippen LogP contribution in [0.1, 0.15) is 23.9 Å². The molecule has 8 heteroatoms. The lowest BCUT2D eigenvalue weighted by molar-refractivity contribution is 0.274. The van der Waals surface area contributed by atoms with Crippen molar-refractivity contribution >= 4 is 32.7 Å². The third kappa shape index (κ3) is 3.31. The smallest absolute Gasteiger partial charge is 0.252 e. The van der Waals surface area contributed by atoms with E-state index in [2.05, 4.69) is 21.9 Å². The van der Waals surface area contributed by atoms with Crippen molar-refractivity contribution in [2.75, 3.05) is 13.1 Å². The molecule has 0 aliphatic carbocycles. The van der Waals surface area contributed by atoms with Crippen molar-refractivity contribution in [3.63, 3.8) is 0 Å². The Balaban J connectivity index is 1.50. The zero-order valence-corrected chi connectivity index (χ0v) is 16.3. The van der Waals surface area contributed by atoms with Gasteiger partial charge in [0.15, 0.2) is 0 Å². The maximum atomic E-state index is 12.9. The molecule has 3 aromatic rings. The Bertz CT molecular complexity index is 949. The molecule has 4 rings (SSSR count). The van der Waals surface area contributed by atoms with Gasteiger partial charge >= 0.3 is 0 Å². The highest BCUT2D eigenvalue weighted by molar-refractivity contribution is 7.91. The van der Waals surface area contributed by atoms with Gasteiger partial charge in [-0.25, -0.2) is 13.4 Å². The molecule has 25 heavy (non-hydrogen) atoms. The fourth-order valence-corrected chi connectivity index (χ4v) is 6.75. The monoisotopic (exact) mass is 393 g/mol. The van der Waals surface area contributed by atoms with E-state index in [1.165, 1.54) is 11.3 Å². The molecular weight excluding hydrogens is 374 g/mol. The van der Waals surface area contributed by atoms with E-state index in [0.717, 1.165) is 28.4 Å². The third-order valence-corrected chi connectivity index (χ3v) is 8.77. The highest BCUT2D eigenvalue weighted by Gasteiger charge is 2.31. The van der Waals surface area contributed by atoms with Gasteiger partial charge in [0, 0.05) is 36.9 Å². The van der Waals surface area contributed by atoms with Gasteiger partial charge in [0.2, 0.25) is 0 Å². The number of aryl methyl sites for hydroxylation is 1. The number of piperidine rings is 1. The largest absolute Gasteiger partial charge is 0.351 e. The van der Waals surface area contributed by atoms with Crippen LogP contribution in [0.3, 0.4) is 0 Å². The normalized spacial score (nSPS) is 17.2. The molecule has 0 saturated carbocycles. The molecule has 5 nitrogen and oxygen atoms in total. The fourth-order valence-electron chi connectivity index (χ4n) is 3.17. The van der Waals surface area contributed by atoms with Crippen molar-refractivity contribution < 1.29 is 8.42 Å². The maximum absolute atomic E-state index is 12.9. The Morgan fingerprint density at radius 2 is 1.88 bits per heavy atom. The maximum Gasteiger partial charge on any atom is 0.252 e. The lowest BCUT2D eigenvalue weighted by Gasteiger charge is -2.31. The second-order valence-electron chi connectivity index (χ2n) is 6.14. The van der Waals surface area contributed by atoms with Crippen LogP contribution < -0.4 is 0 Å². The summed E-state index contributed by atoms with van der Waals surface area (Å²) in [6.45, 7) is 3.08. The SMILES string of the molecule is Cc1nc(-c2ccc(S(=O)(=O)N3CCC(n4cccc4)CC3)s2)cs1. The fraction of sp³-hybridized carbons (Fsp3) is 0.353. The lowest BCUT2D eigenvalue weighted by atomic mass is 10.1. The van der Waals surface area contributed by atoms with Crippen LogP contribution in [-0.2, 0) is 10.0 Å². The van der Waals surface area contributed by atoms with Crippen LogP contribution >= 0.6 is 22.7 Å². The minimum Gasteiger partial charge on any atom is -0.351 e. The van der Waals surface area contributed by atoms with E-state index in [4.69, 9.17) is 0 Å². The molecule has 1 aliphatic heterocycles. The molecule has 0 bridgehead atoms. The summed E-state index contributed by atoms with van der Waals surface area (Å²) in [6.07, 6.45) is 5.79. The summed E-state index contributed by atoms with van der Waals surface area (Å²) in [6, 6.07) is 7.98. The van der Waals surface area contributed by atoms with Crippen LogP contribution in [0.25, 0.3) is 10.6 Å². The van der Waals surface area contributed by atoms with Crippen molar-refractivity contribution in [2.45, 2.75) is 30.0 Å². The third-order valence-electron chi connectivity index (χ3n) is 4.52. The van der Waals surface area contributed by atoms with E-state index >= 15 is 0 Å². The van der Waals surface area contributed by atoms with Gasteiger partial charge in [-0.2, -0.15) is 4.31 Å². The molecule has 4 heterocycles. The van der Waals surface area contributed by atoms with Crippen molar-refractivity contribution in [1.82, 2.24) is 13.9 Å². The summed E-state index contributed by atoms with van der Waals surface area (Å²) in [5.41, 5.74) is 0.861. The highest BCUT2D eigenvalue weighted by Crippen LogP contribution is 2.34. The van der Waals surface area contributed by atoms with Crippen LogP contribution in [0.4, 0.5) is 0 Å². The first kappa shape index (κ1) is 17.0. The average molecular weight is 394 g/mol. The second-order valence-corrected chi connectivity index (χ2v) is 10.4. The molecule has 0 N–H and O–H groups in total. The predicted molar refractivity (Wildman–Crippen MR) is 102 cm³/mol. The second kappa shape index (κ2) is 6.68. The van der Waals surface area contributed by atoms with Crippen molar-refractivity contribution in [1.29, 1.82) is 0 Å². The lowest BCUT2D eigenvalue weighted by Crippen LogP contribution is -2.38. The number of sulfonamides is 1. The summed E-state index contributed by atoms with van der Waals surface area (Å²) in [5, 5.41) is 2.96. The highest BCUT2D eigenvalue weighted by atomic mass is 32.2. The van der Waals surface area contributed by atoms with E-state index in [-0.39, 0.29) is 0 Å². The number of aromatic nitrogens is 2. The summed E-state index contributed by atoms with van der Waals surface area (Å²) in [4.78, 5) is 5.35. The molecule has 1 saturated heterocycles. The van der Waals surface area contributed by atoms with Gasteiger partial charge < -0.3 is 4.57 Å². The first-order chi connectivity index (χ1) is 12.0. The Kier molecular flexibility index (Phi) is 4.53. The van der Waals surface area contributed by atoms with E-state index in [0.29, 0.717) is 23.3 Å². The minimum atomic E-state index is -3.42. The molecule has 0 atom stereocenters. The Hall–Kier alpha value is -1.48. The number of thiazole rings is 1. The Morgan fingerprint density at radius 1 is 1.16 bits per heavy atom. The molecule has 0 aromatic carbocycles. The van der Waals surface area contributed by atoms with Gasteiger partial charge in [-0.05, 0) is 44.0 Å². The molecule has 3 aromatic heterocycles. The minimum absolute atomic E-state index is 0.387. The van der Waals surface area contributed by atoms with E-state index < -0.39 is 10.0 Å². The van der Waals surface area contributed by atoms with Crippen LogP contribution in [0.2, 0.25) is 0 Å². The van der Waals surface area contributed by atoms with Crippen LogP contribution in [0.15, 0.2) is 46.2 Å². The van der Waals surface area contributed by atoms with Gasteiger partial charge in [-0.15, -0.1) is 22.7 Å². The topological polar surface area (TPSA) is 55.2 Å². The van der Waals surface area contributed by atoms with Gasteiger partial charge in [-0.3, -0.25) is 0 Å². The quantitative estimate of drug-likeness (QED) is 0.673. The van der Waals surface area contributed by atoms with Gasteiger partial charge in [-0.1, -0.05) is 0 Å². The van der Waals surface area contributed by atoms with E-state index in [9.17, 15) is 8.42 Å². The molecular formula is C17H19N3O2S3. The zero-order chi connectivity index (χ0) is 17.4. The number of rotatable bonds is 4. The molecule has 0 unspecified atom stereocenters. The molecule has 132 valence electrons. The van der Waals surface area contributed by atoms with Crippen molar-refractivity contribution in [2.24, 2.45) is 0 Å². The summed E-state index contributed by atoms with van der Waals surface area (Å²) >= 11 is 2.88. The van der Waals surface area contributed by atoms with Crippen LogP contribution in [-0.4, -0.2) is 35.4 Å². The van der Waals surface area contributed by atoms with E-state index in [1.54, 1.807) is 21.7 Å². The molecule has 1 aliphatic rings. The zero-order valence-electron chi connectivity index (χ0n) is 13.8. The van der Waals surface area contributed by atoms with Crippen LogP contribution in [0, 0.1) is 6.92 Å². The molecule has 0 amide bonds. The first-order valence-corrected chi connectivity index (χ1v) is 11.3. The predicted octanol–water partition coefficient (Wildman–Crippen LogP) is 4.01. The number of hydrogen-bond acceptors (Lipinski definition) is 5. The first-order valence-electron chi connectivity index (χ1n) is 8.19. The Morgan fingerprint density at radius 3 is 2.52 bits per heavy atom. The number of nitrogens with zero attached hydrogens (tertiary/aromatic N) is 3. The number of hydrogen-bond donors (Lipinski definition) is 0. The van der Waals surface area contributed by atoms with Gasteiger partial charge in [0.25, 0.3) is 10.0 Å². The van der Waals surface area contributed by atoms with E-state index in [1.807, 2.05) is 30.5 Å². The van der Waals surface area contributed by atoms with Gasteiger partial charge in [0.05, 0.1) is 15.6 Å². The number of thiophene rings is 1. The van der Waals surface area contributed by atoms with Crippen molar-refractivity contribution in [3.8, 4) is 10.6 Å². The Labute approximate surface area is 155 Å². The summed E-state index contributed by atoms with van der Waals surface area (Å²) in [7, 11) is -3.42. The van der Waals surface area contributed by atoms with Gasteiger partial charge in [0.1, 0.15) is 4.21 Å². The molecule has 1 fully saturated rings. The summed E-state index contributed by atoms with van der Waals surface area (Å²) < 4.78 is 30.1. The average Bonchev–Trinajstić information content (AvgIpc) is 3.36. The molecule has 0 spiro atoms. The summed E-state index contributed by atoms with van der Waals surface area (Å²) in [5.74, 6) is 0. The standard InChI is InChI=1S/C17H19N3O2S3/c1-13-18-15(12-23-13)16-4-5-17(24-16)25(21,22)20-10-6-14(7-11-20)19-8-2-3-9-19/h2-5,8-9,12,14H,6-7,10-11H2,1H3. The van der Waals surface area contributed by atoms with Crippen molar-refractivity contribution in [3.05, 3.63) is 47.0 Å².